The molecule has 0 atom stereocenters. The third-order valence-electron chi connectivity index (χ3n) is 3.43. The van der Waals surface area contributed by atoms with Crippen molar-refractivity contribution in [1.82, 2.24) is 0 Å². The number of hydrogen-bond donors (Lipinski definition) is 1. The van der Waals surface area contributed by atoms with E-state index in [0.717, 1.165) is 6.54 Å². The minimum atomic E-state index is 0.579. The Bertz CT molecular complexity index is 561. The van der Waals surface area contributed by atoms with Gasteiger partial charge in [-0.05, 0) is 30.5 Å². The number of hydrogen-bond acceptors (Lipinski definition) is 2. The highest BCUT2D eigenvalue weighted by molar-refractivity contribution is 5.59. The summed E-state index contributed by atoms with van der Waals surface area (Å²) in [6.45, 7) is 5.75. The molecule has 2 aromatic carbocycles. The molecule has 2 N–H and O–H groups in total. The molecule has 0 bridgehead atoms. The van der Waals surface area contributed by atoms with E-state index in [-0.39, 0.29) is 0 Å². The predicted molar refractivity (Wildman–Crippen MR) is 82.4 cm³/mol. The number of nitrogens with zero attached hydrogens (tertiary/aromatic N) is 1. The molecule has 0 saturated carbocycles. The number of aryl methyl sites for hydroxylation is 2. The van der Waals surface area contributed by atoms with Crippen molar-refractivity contribution >= 4 is 5.69 Å². The summed E-state index contributed by atoms with van der Waals surface area (Å²) in [4.78, 5) is 2.28. The zero-order chi connectivity index (χ0) is 13.8. The molecule has 0 aliphatic carbocycles. The monoisotopic (exact) mass is 254 g/mol. The molecule has 0 spiro atoms. The summed E-state index contributed by atoms with van der Waals surface area (Å²) >= 11 is 0. The van der Waals surface area contributed by atoms with Crippen LogP contribution in [0.5, 0.6) is 0 Å². The Hall–Kier alpha value is -1.80. The summed E-state index contributed by atoms with van der Waals surface area (Å²) in [5.41, 5.74) is 12.2. The first kappa shape index (κ1) is 13.6. The molecule has 0 amide bonds. The summed E-state index contributed by atoms with van der Waals surface area (Å²) in [6, 6.07) is 15.0. The molecule has 0 fully saturated rings. The smallest absolute Gasteiger partial charge is 0.0441 e. The normalized spacial score (nSPS) is 10.5. The first-order valence-electron chi connectivity index (χ1n) is 6.67. The van der Waals surface area contributed by atoms with E-state index in [1.165, 1.54) is 27.9 Å². The number of para-hydroxylation sites is 1. The third kappa shape index (κ3) is 3.15. The second-order valence-corrected chi connectivity index (χ2v) is 5.13. The van der Waals surface area contributed by atoms with Crippen molar-refractivity contribution in [2.75, 3.05) is 11.9 Å². The van der Waals surface area contributed by atoms with Gasteiger partial charge in [0, 0.05) is 25.8 Å². The number of anilines is 1. The van der Waals surface area contributed by atoms with E-state index in [1.54, 1.807) is 0 Å². The topological polar surface area (TPSA) is 29.3 Å². The summed E-state index contributed by atoms with van der Waals surface area (Å²) in [5, 5.41) is 0. The van der Waals surface area contributed by atoms with Crippen LogP contribution in [0.15, 0.2) is 42.5 Å². The number of rotatable bonds is 4. The average Bonchev–Trinajstić information content (AvgIpc) is 2.38. The summed E-state index contributed by atoms with van der Waals surface area (Å²) in [7, 11) is 2.13. The zero-order valence-electron chi connectivity index (χ0n) is 12.0. The Balaban J connectivity index is 2.27. The first-order chi connectivity index (χ1) is 9.11. The van der Waals surface area contributed by atoms with E-state index in [9.17, 15) is 0 Å². The molecule has 2 nitrogen and oxygen atoms in total. The Kier molecular flexibility index (Phi) is 4.23. The predicted octanol–water partition coefficient (Wildman–Crippen LogP) is 3.40. The van der Waals surface area contributed by atoms with Crippen LogP contribution >= 0.6 is 0 Å². The largest absolute Gasteiger partial charge is 0.370 e. The lowest BCUT2D eigenvalue weighted by Gasteiger charge is -2.24. The molecule has 2 heteroatoms. The molecule has 0 heterocycles. The van der Waals surface area contributed by atoms with E-state index in [4.69, 9.17) is 5.73 Å². The molecule has 0 aliphatic heterocycles. The highest BCUT2D eigenvalue weighted by Crippen LogP contribution is 2.25. The highest BCUT2D eigenvalue weighted by atomic mass is 15.1. The van der Waals surface area contributed by atoms with Crippen LogP contribution in [-0.2, 0) is 13.1 Å². The van der Waals surface area contributed by atoms with E-state index in [2.05, 4.69) is 68.3 Å². The Morgan fingerprint density at radius 3 is 2.47 bits per heavy atom. The van der Waals surface area contributed by atoms with Crippen molar-refractivity contribution in [1.29, 1.82) is 0 Å². The van der Waals surface area contributed by atoms with E-state index in [1.807, 2.05) is 0 Å². The fraction of sp³-hybridized carbons (Fsp3) is 0.294. The van der Waals surface area contributed by atoms with Gasteiger partial charge in [-0.2, -0.15) is 0 Å². The van der Waals surface area contributed by atoms with Gasteiger partial charge in [0.2, 0.25) is 0 Å². The molecular weight excluding hydrogens is 232 g/mol. The third-order valence-corrected chi connectivity index (χ3v) is 3.43. The molecule has 0 radical (unpaired) electrons. The lowest BCUT2D eigenvalue weighted by atomic mass is 10.1. The fourth-order valence-electron chi connectivity index (χ4n) is 2.59. The van der Waals surface area contributed by atoms with E-state index < -0.39 is 0 Å². The van der Waals surface area contributed by atoms with Gasteiger partial charge in [0.1, 0.15) is 0 Å². The summed E-state index contributed by atoms with van der Waals surface area (Å²) < 4.78 is 0. The number of nitrogens with two attached hydrogens (primary N) is 1. The highest BCUT2D eigenvalue weighted by Gasteiger charge is 2.09. The van der Waals surface area contributed by atoms with Gasteiger partial charge in [-0.3, -0.25) is 0 Å². The van der Waals surface area contributed by atoms with Crippen molar-refractivity contribution in [3.8, 4) is 0 Å². The van der Waals surface area contributed by atoms with Gasteiger partial charge >= 0.3 is 0 Å². The van der Waals surface area contributed by atoms with Crippen LogP contribution in [0.25, 0.3) is 0 Å². The Morgan fingerprint density at radius 1 is 1.05 bits per heavy atom. The number of benzene rings is 2. The van der Waals surface area contributed by atoms with E-state index >= 15 is 0 Å². The van der Waals surface area contributed by atoms with Gasteiger partial charge in [0.25, 0.3) is 0 Å². The van der Waals surface area contributed by atoms with Crippen molar-refractivity contribution in [2.45, 2.75) is 26.9 Å². The van der Waals surface area contributed by atoms with Crippen LogP contribution < -0.4 is 10.6 Å². The van der Waals surface area contributed by atoms with E-state index in [0.29, 0.717) is 6.54 Å². The van der Waals surface area contributed by atoms with Gasteiger partial charge in [-0.15, -0.1) is 0 Å². The van der Waals surface area contributed by atoms with Gasteiger partial charge in [-0.1, -0.05) is 48.0 Å². The molecule has 0 aromatic heterocycles. The zero-order valence-corrected chi connectivity index (χ0v) is 12.0. The van der Waals surface area contributed by atoms with Crippen molar-refractivity contribution in [2.24, 2.45) is 5.73 Å². The molecular formula is C17H22N2. The fourth-order valence-corrected chi connectivity index (χ4v) is 2.59. The van der Waals surface area contributed by atoms with Crippen molar-refractivity contribution in [3.05, 3.63) is 64.7 Å². The second-order valence-electron chi connectivity index (χ2n) is 5.13. The standard InChI is InChI=1S/C17H22N2/c1-13-6-4-8-15(10-13)12-19(3)17-14(2)7-5-9-16(17)11-18/h4-10H,11-12,18H2,1-3H3. The minimum absolute atomic E-state index is 0.579. The van der Waals surface area contributed by atoms with Crippen LogP contribution in [0, 0.1) is 13.8 Å². The summed E-state index contributed by atoms with van der Waals surface area (Å²) in [6.07, 6.45) is 0. The Morgan fingerprint density at radius 2 is 1.79 bits per heavy atom. The quantitative estimate of drug-likeness (QED) is 0.906. The summed E-state index contributed by atoms with van der Waals surface area (Å²) in [5.74, 6) is 0. The van der Waals surface area contributed by atoms with Gasteiger partial charge in [0.15, 0.2) is 0 Å². The molecule has 100 valence electrons. The SMILES string of the molecule is Cc1cccc(CN(C)c2c(C)cccc2CN)c1. The van der Waals surface area contributed by atoms with Crippen LogP contribution in [0.2, 0.25) is 0 Å². The maximum atomic E-state index is 5.85. The first-order valence-corrected chi connectivity index (χ1v) is 6.67. The molecule has 2 aromatic rings. The van der Waals surface area contributed by atoms with Crippen molar-refractivity contribution in [3.63, 3.8) is 0 Å². The molecule has 0 saturated heterocycles. The van der Waals surface area contributed by atoms with Crippen LogP contribution in [0.3, 0.4) is 0 Å². The maximum absolute atomic E-state index is 5.85. The second kappa shape index (κ2) is 5.89. The molecule has 0 aliphatic rings. The lowest BCUT2D eigenvalue weighted by molar-refractivity contribution is 0.896. The molecule has 19 heavy (non-hydrogen) atoms. The molecule has 2 rings (SSSR count). The Labute approximate surface area is 115 Å². The van der Waals surface area contributed by atoms with Gasteiger partial charge < -0.3 is 10.6 Å². The molecule has 0 unspecified atom stereocenters. The van der Waals surface area contributed by atoms with Crippen LogP contribution in [-0.4, -0.2) is 7.05 Å². The van der Waals surface area contributed by atoms with Crippen LogP contribution in [0.4, 0.5) is 5.69 Å². The van der Waals surface area contributed by atoms with Gasteiger partial charge in [0.05, 0.1) is 0 Å². The lowest BCUT2D eigenvalue weighted by Crippen LogP contribution is -2.20. The minimum Gasteiger partial charge on any atom is -0.370 e. The maximum Gasteiger partial charge on any atom is 0.0441 e. The average molecular weight is 254 g/mol. The van der Waals surface area contributed by atoms with Crippen molar-refractivity contribution < 1.29 is 0 Å². The van der Waals surface area contributed by atoms with Gasteiger partial charge in [-0.25, -0.2) is 0 Å². The van der Waals surface area contributed by atoms with Crippen LogP contribution in [0.1, 0.15) is 22.3 Å².